The molecule has 6 heteroatoms. The van der Waals surface area contributed by atoms with E-state index in [1.807, 2.05) is 24.3 Å². The molecule has 1 unspecified atom stereocenters. The molecule has 0 amide bonds. The Morgan fingerprint density at radius 2 is 1.50 bits per heavy atom. The van der Waals surface area contributed by atoms with Gasteiger partial charge in [0.05, 0.1) is 0 Å². The summed E-state index contributed by atoms with van der Waals surface area (Å²) in [5.74, 6) is 0. The number of hydrogen-bond donors (Lipinski definition) is 1. The molecule has 0 aromatic heterocycles. The Morgan fingerprint density at radius 1 is 1.25 bits per heavy atom. The highest BCUT2D eigenvalue weighted by atomic mass is 79.9. The van der Waals surface area contributed by atoms with Gasteiger partial charge in [-0.25, -0.2) is 0 Å². The maximum atomic E-state index is 8.78. The Morgan fingerprint density at radius 3 is 1.67 bits per heavy atom. The van der Waals surface area contributed by atoms with Gasteiger partial charge in [-0.1, -0.05) is 12.1 Å². The van der Waals surface area contributed by atoms with Gasteiger partial charge in [0.15, 0.2) is 0 Å². The highest BCUT2D eigenvalue weighted by Crippen LogP contribution is 2.20. The Bertz CT molecular complexity index is 244. The minimum Gasteiger partial charge on any atom is -0.760 e. The number of hydrogen-bond acceptors (Lipinski definition) is 2. The molecular formula is C6H6Br2NO2S-. The Hall–Kier alpha value is 0.250. The van der Waals surface area contributed by atoms with E-state index in [1.54, 1.807) is 0 Å². The number of nitrogens with two attached hydrogens (primary N) is 1. The SMILES string of the molecule is Brc1ccccc1Br.NS(=O)[O-]. The van der Waals surface area contributed by atoms with Crippen LogP contribution in [0.2, 0.25) is 0 Å². The van der Waals surface area contributed by atoms with Crippen LogP contribution in [0.3, 0.4) is 0 Å². The summed E-state index contributed by atoms with van der Waals surface area (Å²) in [6.07, 6.45) is 0. The Kier molecular flexibility index (Phi) is 6.87. The molecule has 2 N–H and O–H groups in total. The van der Waals surface area contributed by atoms with Crippen LogP contribution in [-0.4, -0.2) is 8.76 Å². The predicted molar refractivity (Wildman–Crippen MR) is 54.9 cm³/mol. The van der Waals surface area contributed by atoms with Crippen LogP contribution in [0.4, 0.5) is 0 Å². The normalized spacial score (nSPS) is 11.3. The first-order valence-corrected chi connectivity index (χ1v) is 5.50. The van der Waals surface area contributed by atoms with Gasteiger partial charge in [-0.3, -0.25) is 9.35 Å². The van der Waals surface area contributed by atoms with Gasteiger partial charge in [-0.05, 0) is 44.0 Å². The largest absolute Gasteiger partial charge is 0.760 e. The van der Waals surface area contributed by atoms with Crippen LogP contribution in [0.1, 0.15) is 0 Å². The quantitative estimate of drug-likeness (QED) is 0.744. The Labute approximate surface area is 90.0 Å². The molecule has 0 aliphatic heterocycles. The van der Waals surface area contributed by atoms with E-state index in [9.17, 15) is 0 Å². The lowest BCUT2D eigenvalue weighted by molar-refractivity contribution is 0.539. The molecule has 0 heterocycles. The van der Waals surface area contributed by atoms with Crippen LogP contribution in [0.15, 0.2) is 33.2 Å². The van der Waals surface area contributed by atoms with Gasteiger partial charge >= 0.3 is 0 Å². The zero-order chi connectivity index (χ0) is 9.56. The minimum atomic E-state index is -2.36. The van der Waals surface area contributed by atoms with Gasteiger partial charge in [0.2, 0.25) is 0 Å². The summed E-state index contributed by atoms with van der Waals surface area (Å²) in [7, 11) is 0. The van der Waals surface area contributed by atoms with Crippen molar-refractivity contribution in [3.05, 3.63) is 33.2 Å². The molecule has 68 valence electrons. The Balaban J connectivity index is 0.000000261. The van der Waals surface area contributed by atoms with Crippen molar-refractivity contribution < 1.29 is 8.76 Å². The minimum absolute atomic E-state index is 1.10. The monoisotopic (exact) mass is 314 g/mol. The van der Waals surface area contributed by atoms with Crippen LogP contribution in [-0.2, 0) is 11.3 Å². The van der Waals surface area contributed by atoms with E-state index in [0.717, 1.165) is 8.95 Å². The van der Waals surface area contributed by atoms with Gasteiger partial charge in [-0.2, -0.15) is 0 Å². The summed E-state index contributed by atoms with van der Waals surface area (Å²) in [5, 5.41) is 4.03. The van der Waals surface area contributed by atoms with Crippen molar-refractivity contribution in [1.29, 1.82) is 0 Å². The van der Waals surface area contributed by atoms with E-state index in [2.05, 4.69) is 37.0 Å². The molecule has 0 aliphatic rings. The van der Waals surface area contributed by atoms with Crippen molar-refractivity contribution in [3.8, 4) is 0 Å². The fourth-order valence-corrected chi connectivity index (χ4v) is 1.01. The van der Waals surface area contributed by atoms with E-state index in [0.29, 0.717) is 0 Å². The zero-order valence-electron chi connectivity index (χ0n) is 5.87. The summed E-state index contributed by atoms with van der Waals surface area (Å²) in [4.78, 5) is 0. The van der Waals surface area contributed by atoms with Crippen LogP contribution in [0, 0.1) is 0 Å². The van der Waals surface area contributed by atoms with Crippen molar-refractivity contribution in [1.82, 2.24) is 0 Å². The average Bonchev–Trinajstić information content (AvgIpc) is 1.94. The number of rotatable bonds is 0. The third-order valence-corrected chi connectivity index (χ3v) is 2.74. The van der Waals surface area contributed by atoms with Crippen LogP contribution in [0.5, 0.6) is 0 Å². The highest BCUT2D eigenvalue weighted by Gasteiger charge is 1.88. The van der Waals surface area contributed by atoms with Crippen LogP contribution >= 0.6 is 31.9 Å². The summed E-state index contributed by atoms with van der Waals surface area (Å²) < 4.78 is 19.8. The molecule has 0 bridgehead atoms. The second kappa shape index (κ2) is 6.73. The average molecular weight is 316 g/mol. The van der Waals surface area contributed by atoms with Crippen LogP contribution in [0.25, 0.3) is 0 Å². The topological polar surface area (TPSA) is 66.2 Å². The molecule has 0 radical (unpaired) electrons. The van der Waals surface area contributed by atoms with Crippen molar-refractivity contribution in [2.24, 2.45) is 5.14 Å². The highest BCUT2D eigenvalue weighted by molar-refractivity contribution is 9.13. The number of halogens is 2. The van der Waals surface area contributed by atoms with Crippen LogP contribution < -0.4 is 5.14 Å². The molecule has 1 aromatic carbocycles. The second-order valence-electron chi connectivity index (χ2n) is 1.67. The van der Waals surface area contributed by atoms with E-state index in [-0.39, 0.29) is 0 Å². The van der Waals surface area contributed by atoms with Crippen molar-refractivity contribution in [2.75, 3.05) is 0 Å². The lowest BCUT2D eigenvalue weighted by Crippen LogP contribution is -1.97. The first-order chi connectivity index (χ1) is 5.54. The summed E-state index contributed by atoms with van der Waals surface area (Å²) in [6.45, 7) is 0. The van der Waals surface area contributed by atoms with Crippen molar-refractivity contribution >= 4 is 43.1 Å². The zero-order valence-corrected chi connectivity index (χ0v) is 9.86. The molecule has 1 atom stereocenters. The first kappa shape index (κ1) is 12.2. The summed E-state index contributed by atoms with van der Waals surface area (Å²) >= 11 is 4.34. The smallest absolute Gasteiger partial charge is 0.0317 e. The first-order valence-electron chi connectivity index (χ1n) is 2.77. The molecule has 3 nitrogen and oxygen atoms in total. The van der Waals surface area contributed by atoms with Gasteiger partial charge in [0.25, 0.3) is 0 Å². The molecule has 0 saturated carbocycles. The van der Waals surface area contributed by atoms with Crippen molar-refractivity contribution in [3.63, 3.8) is 0 Å². The molecule has 12 heavy (non-hydrogen) atoms. The summed E-state index contributed by atoms with van der Waals surface area (Å²) in [6, 6.07) is 7.94. The van der Waals surface area contributed by atoms with Gasteiger partial charge in [-0.15, -0.1) is 0 Å². The van der Waals surface area contributed by atoms with Gasteiger partial charge in [0.1, 0.15) is 0 Å². The number of benzene rings is 1. The lowest BCUT2D eigenvalue weighted by atomic mass is 10.4. The maximum Gasteiger partial charge on any atom is 0.0317 e. The summed E-state index contributed by atoms with van der Waals surface area (Å²) in [5.41, 5.74) is 0. The molecule has 0 saturated heterocycles. The molecule has 0 aliphatic carbocycles. The predicted octanol–water partition coefficient (Wildman–Crippen LogP) is 1.95. The lowest BCUT2D eigenvalue weighted by Gasteiger charge is -1.89. The fraction of sp³-hybridized carbons (Fsp3) is 0. The van der Waals surface area contributed by atoms with E-state index < -0.39 is 11.3 Å². The third-order valence-electron chi connectivity index (χ3n) is 0.824. The maximum absolute atomic E-state index is 8.78. The molecule has 0 spiro atoms. The molecule has 1 rings (SSSR count). The second-order valence-corrected chi connectivity index (χ2v) is 3.90. The van der Waals surface area contributed by atoms with Gasteiger partial charge < -0.3 is 4.55 Å². The standard InChI is InChI=1S/C6H4Br2.H3NO2S/c7-5-3-1-2-4-6(5)8;1-4(2)3/h1-4H;1H2,(H,2,3)/p-1. The van der Waals surface area contributed by atoms with E-state index in [4.69, 9.17) is 8.76 Å². The van der Waals surface area contributed by atoms with E-state index >= 15 is 0 Å². The van der Waals surface area contributed by atoms with Gasteiger partial charge in [0, 0.05) is 20.2 Å². The van der Waals surface area contributed by atoms with Crippen molar-refractivity contribution in [2.45, 2.75) is 0 Å². The van der Waals surface area contributed by atoms with E-state index in [1.165, 1.54) is 0 Å². The molecule has 1 aromatic rings. The third kappa shape index (κ3) is 6.93. The molecule has 0 fully saturated rings. The molecular weight excluding hydrogens is 310 g/mol. The fourth-order valence-electron chi connectivity index (χ4n) is 0.439.